The van der Waals surface area contributed by atoms with Crippen LogP contribution in [-0.4, -0.2) is 21.0 Å². The number of hydrogen-bond donors (Lipinski definition) is 2. The van der Waals surface area contributed by atoms with Crippen LogP contribution in [0.15, 0.2) is 35.7 Å². The maximum absolute atomic E-state index is 12.0. The predicted octanol–water partition coefficient (Wildman–Crippen LogP) is 1.51. The quantitative estimate of drug-likeness (QED) is 0.799. The minimum absolute atomic E-state index is 0.277. The van der Waals surface area contributed by atoms with E-state index in [0.29, 0.717) is 4.90 Å². The summed E-state index contributed by atoms with van der Waals surface area (Å²) in [4.78, 5) is 0.291. The Bertz CT molecular complexity index is 537. The monoisotopic (exact) mass is 252 g/mol. The normalized spacial score (nSPS) is 16.1. The maximum atomic E-state index is 12.0. The van der Waals surface area contributed by atoms with Gasteiger partial charge in [0.25, 0.3) is 0 Å². The summed E-state index contributed by atoms with van der Waals surface area (Å²) >= 11 is 0. The van der Waals surface area contributed by atoms with E-state index in [1.54, 1.807) is 25.1 Å². The van der Waals surface area contributed by atoms with Gasteiger partial charge in [0.1, 0.15) is 0 Å². The van der Waals surface area contributed by atoms with Gasteiger partial charge in [0.05, 0.1) is 4.90 Å². The van der Waals surface area contributed by atoms with Gasteiger partial charge in [-0.3, -0.25) is 0 Å². The molecule has 17 heavy (non-hydrogen) atoms. The molecule has 1 aromatic carbocycles. The molecule has 0 saturated carbocycles. The van der Waals surface area contributed by atoms with E-state index in [9.17, 15) is 8.42 Å². The average molecular weight is 252 g/mol. The molecule has 1 aliphatic heterocycles. The summed E-state index contributed by atoms with van der Waals surface area (Å²) in [5, 5.41) is 3.17. The van der Waals surface area contributed by atoms with Crippen LogP contribution in [-0.2, 0) is 16.4 Å². The van der Waals surface area contributed by atoms with E-state index < -0.39 is 10.0 Å². The van der Waals surface area contributed by atoms with Crippen molar-refractivity contribution < 1.29 is 8.42 Å². The van der Waals surface area contributed by atoms with Crippen LogP contribution in [0, 0.1) is 0 Å². The Hall–Kier alpha value is -1.33. The van der Waals surface area contributed by atoms with Gasteiger partial charge in [-0.1, -0.05) is 12.1 Å². The van der Waals surface area contributed by atoms with Gasteiger partial charge in [-0.15, -0.1) is 6.58 Å². The van der Waals surface area contributed by atoms with Crippen LogP contribution in [0.25, 0.3) is 0 Å². The lowest BCUT2D eigenvalue weighted by molar-refractivity contribution is 0.576. The van der Waals surface area contributed by atoms with Gasteiger partial charge in [0.2, 0.25) is 10.0 Å². The Morgan fingerprint density at radius 3 is 3.00 bits per heavy atom. The van der Waals surface area contributed by atoms with Gasteiger partial charge in [-0.25, -0.2) is 13.1 Å². The molecule has 1 heterocycles. The van der Waals surface area contributed by atoms with Crippen LogP contribution in [0.3, 0.4) is 0 Å². The largest absolute Gasteiger partial charge is 0.384 e. The van der Waals surface area contributed by atoms with E-state index in [4.69, 9.17) is 0 Å². The molecule has 2 rings (SSSR count). The lowest BCUT2D eigenvalue weighted by atomic mass is 10.2. The molecular formula is C12H16N2O2S. The van der Waals surface area contributed by atoms with Gasteiger partial charge in [0, 0.05) is 18.3 Å². The third kappa shape index (κ3) is 2.50. The van der Waals surface area contributed by atoms with E-state index in [1.807, 2.05) is 6.07 Å². The van der Waals surface area contributed by atoms with Crippen molar-refractivity contribution in [3.63, 3.8) is 0 Å². The molecule has 2 N–H and O–H groups in total. The number of benzene rings is 1. The minimum atomic E-state index is -3.45. The number of sulfonamides is 1. The molecule has 0 aliphatic carbocycles. The highest BCUT2D eigenvalue weighted by Crippen LogP contribution is 2.25. The van der Waals surface area contributed by atoms with E-state index in [2.05, 4.69) is 16.6 Å². The molecule has 4 nitrogen and oxygen atoms in total. The number of fused-ring (bicyclic) bond motifs is 1. The van der Waals surface area contributed by atoms with E-state index >= 15 is 0 Å². The highest BCUT2D eigenvalue weighted by molar-refractivity contribution is 7.89. The van der Waals surface area contributed by atoms with E-state index in [1.165, 1.54) is 5.56 Å². The molecule has 0 aromatic heterocycles. The zero-order chi connectivity index (χ0) is 12.5. The second kappa shape index (κ2) is 4.50. The smallest absolute Gasteiger partial charge is 0.241 e. The summed E-state index contributed by atoms with van der Waals surface area (Å²) in [6, 6.07) is 4.91. The first kappa shape index (κ1) is 12.1. The summed E-state index contributed by atoms with van der Waals surface area (Å²) in [5.74, 6) is 0. The zero-order valence-electron chi connectivity index (χ0n) is 9.73. The molecule has 1 aliphatic rings. The van der Waals surface area contributed by atoms with Crippen molar-refractivity contribution in [3.05, 3.63) is 36.4 Å². The predicted molar refractivity (Wildman–Crippen MR) is 68.6 cm³/mol. The molecule has 5 heteroatoms. The number of rotatable bonds is 4. The summed E-state index contributed by atoms with van der Waals surface area (Å²) in [6.07, 6.45) is 2.51. The van der Waals surface area contributed by atoms with Gasteiger partial charge >= 0.3 is 0 Å². The summed E-state index contributed by atoms with van der Waals surface area (Å²) in [5.41, 5.74) is 2.08. The van der Waals surface area contributed by atoms with Crippen molar-refractivity contribution in [3.8, 4) is 0 Å². The van der Waals surface area contributed by atoms with Crippen LogP contribution in [0.2, 0.25) is 0 Å². The van der Waals surface area contributed by atoms with Crippen LogP contribution >= 0.6 is 0 Å². The van der Waals surface area contributed by atoms with Crippen molar-refractivity contribution in [1.82, 2.24) is 4.72 Å². The Balaban J connectivity index is 2.31. The lowest BCUT2D eigenvalue weighted by Crippen LogP contribution is -2.30. The Morgan fingerprint density at radius 2 is 2.29 bits per heavy atom. The lowest BCUT2D eigenvalue weighted by Gasteiger charge is -2.11. The minimum Gasteiger partial charge on any atom is -0.384 e. The Labute approximate surface area is 102 Å². The standard InChI is InChI=1S/C12H16N2O2S/c1-3-9(2)14-17(15,16)11-5-4-10-6-7-13-12(10)8-11/h3-5,8-9,13-14H,1,6-7H2,2H3. The third-order valence-corrected chi connectivity index (χ3v) is 4.35. The van der Waals surface area contributed by atoms with Crippen molar-refractivity contribution in [2.75, 3.05) is 11.9 Å². The van der Waals surface area contributed by atoms with Crippen molar-refractivity contribution >= 4 is 15.7 Å². The van der Waals surface area contributed by atoms with Gasteiger partial charge < -0.3 is 5.32 Å². The Morgan fingerprint density at radius 1 is 1.53 bits per heavy atom. The average Bonchev–Trinajstić information content (AvgIpc) is 2.75. The van der Waals surface area contributed by atoms with Crippen LogP contribution < -0.4 is 10.0 Å². The molecule has 0 fully saturated rings. The van der Waals surface area contributed by atoms with Crippen molar-refractivity contribution in [2.24, 2.45) is 0 Å². The number of hydrogen-bond acceptors (Lipinski definition) is 3. The summed E-state index contributed by atoms with van der Waals surface area (Å²) in [7, 11) is -3.45. The topological polar surface area (TPSA) is 58.2 Å². The highest BCUT2D eigenvalue weighted by Gasteiger charge is 2.19. The fourth-order valence-electron chi connectivity index (χ4n) is 1.80. The van der Waals surface area contributed by atoms with Gasteiger partial charge in [-0.2, -0.15) is 0 Å². The molecule has 1 aromatic rings. The molecule has 0 spiro atoms. The molecule has 0 amide bonds. The molecule has 0 bridgehead atoms. The van der Waals surface area contributed by atoms with Crippen LogP contribution in [0.1, 0.15) is 12.5 Å². The molecule has 1 atom stereocenters. The second-order valence-electron chi connectivity index (χ2n) is 4.14. The first-order chi connectivity index (χ1) is 8.03. The van der Waals surface area contributed by atoms with E-state index in [-0.39, 0.29) is 6.04 Å². The maximum Gasteiger partial charge on any atom is 0.241 e. The second-order valence-corrected chi connectivity index (χ2v) is 5.86. The third-order valence-electron chi connectivity index (χ3n) is 2.80. The number of nitrogens with one attached hydrogen (secondary N) is 2. The molecule has 0 saturated heterocycles. The van der Waals surface area contributed by atoms with Crippen molar-refractivity contribution in [1.29, 1.82) is 0 Å². The summed E-state index contributed by atoms with van der Waals surface area (Å²) < 4.78 is 26.6. The van der Waals surface area contributed by atoms with E-state index in [0.717, 1.165) is 18.7 Å². The molecule has 0 radical (unpaired) electrons. The van der Waals surface area contributed by atoms with Crippen molar-refractivity contribution in [2.45, 2.75) is 24.3 Å². The first-order valence-corrected chi connectivity index (χ1v) is 7.03. The zero-order valence-corrected chi connectivity index (χ0v) is 10.5. The molecular weight excluding hydrogens is 236 g/mol. The number of anilines is 1. The van der Waals surface area contributed by atoms with Crippen LogP contribution in [0.4, 0.5) is 5.69 Å². The fourth-order valence-corrected chi connectivity index (χ4v) is 3.04. The fraction of sp³-hybridized carbons (Fsp3) is 0.333. The van der Waals surface area contributed by atoms with Gasteiger partial charge in [0.15, 0.2) is 0 Å². The molecule has 1 unspecified atom stereocenters. The SMILES string of the molecule is C=CC(C)NS(=O)(=O)c1ccc2c(c1)NCC2. The Kier molecular flexibility index (Phi) is 3.22. The molecule has 92 valence electrons. The highest BCUT2D eigenvalue weighted by atomic mass is 32.2. The first-order valence-electron chi connectivity index (χ1n) is 5.54. The van der Waals surface area contributed by atoms with Gasteiger partial charge in [-0.05, 0) is 31.0 Å². The summed E-state index contributed by atoms with van der Waals surface area (Å²) in [6.45, 7) is 6.17. The van der Waals surface area contributed by atoms with Crippen LogP contribution in [0.5, 0.6) is 0 Å².